The van der Waals surface area contributed by atoms with Crippen LogP contribution in [-0.4, -0.2) is 48.2 Å². The summed E-state index contributed by atoms with van der Waals surface area (Å²) >= 11 is 0. The average molecular weight is 438 g/mol. The van der Waals surface area contributed by atoms with Crippen LogP contribution in [0.2, 0.25) is 0 Å². The van der Waals surface area contributed by atoms with Crippen molar-refractivity contribution in [2.75, 3.05) is 32.8 Å². The third-order valence-corrected chi connectivity index (χ3v) is 5.84. The second-order valence-corrected chi connectivity index (χ2v) is 8.25. The number of pyridine rings is 1. The van der Waals surface area contributed by atoms with Crippen LogP contribution >= 0.6 is 0 Å². The zero-order chi connectivity index (χ0) is 22.5. The quantitative estimate of drug-likeness (QED) is 0.588. The van der Waals surface area contributed by atoms with E-state index in [1.807, 2.05) is 13.0 Å². The number of benzene rings is 2. The largest absolute Gasteiger partial charge is 0.484 e. The van der Waals surface area contributed by atoms with E-state index < -0.39 is 0 Å². The number of aryl methyl sites for hydroxylation is 1. The number of carbonyl (C=O) groups excluding carboxylic acids is 1. The third kappa shape index (κ3) is 5.34. The Bertz CT molecular complexity index is 1170. The number of hydrogen-bond acceptors (Lipinski definition) is 4. The van der Waals surface area contributed by atoms with Crippen LogP contribution in [-0.2, 0) is 11.3 Å². The summed E-state index contributed by atoms with van der Waals surface area (Å²) in [5.41, 5.74) is 2.06. The Labute approximate surface area is 186 Å². The number of hydrogen-bond donors (Lipinski definition) is 1. The average Bonchev–Trinajstić information content (AvgIpc) is 3.28. The van der Waals surface area contributed by atoms with Gasteiger partial charge in [0.25, 0.3) is 11.5 Å². The lowest BCUT2D eigenvalue weighted by atomic mass is 10.1. The molecule has 0 atom stereocenters. The summed E-state index contributed by atoms with van der Waals surface area (Å²) in [6.45, 7) is 5.68. The lowest BCUT2D eigenvalue weighted by Crippen LogP contribution is -2.35. The van der Waals surface area contributed by atoms with Gasteiger partial charge in [0.1, 0.15) is 11.6 Å². The van der Waals surface area contributed by atoms with Crippen LogP contribution in [0, 0.1) is 12.7 Å². The molecule has 0 bridgehead atoms. The number of rotatable bonds is 8. The molecule has 0 saturated carbocycles. The molecule has 1 N–H and O–H groups in total. The molecule has 4 rings (SSSR count). The van der Waals surface area contributed by atoms with Crippen molar-refractivity contribution < 1.29 is 13.9 Å². The van der Waals surface area contributed by atoms with Crippen LogP contribution < -0.4 is 15.6 Å². The predicted octanol–water partition coefficient (Wildman–Crippen LogP) is 3.09. The number of fused-ring (bicyclic) bond motifs is 1. The maximum Gasteiger partial charge on any atom is 0.257 e. The standard InChI is InChI=1S/C25H28FN3O3/c1-18-13-25(31)29(16-19-5-4-6-20(26)14-19)23-15-21(7-8-22(18)23)32-17-24(30)27-9-12-28-10-2-3-11-28/h4-8,13-15H,2-3,9-12,16-17H2,1H3,(H,27,30). The van der Waals surface area contributed by atoms with E-state index in [-0.39, 0.29) is 30.4 Å². The molecule has 3 aromatic rings. The first-order valence-corrected chi connectivity index (χ1v) is 11.0. The van der Waals surface area contributed by atoms with Gasteiger partial charge in [-0.05, 0) is 68.2 Å². The van der Waals surface area contributed by atoms with Gasteiger partial charge in [-0.3, -0.25) is 9.59 Å². The van der Waals surface area contributed by atoms with E-state index in [1.54, 1.807) is 34.9 Å². The molecular formula is C25H28FN3O3. The molecule has 1 aromatic heterocycles. The number of halogens is 1. The molecule has 1 aliphatic rings. The molecular weight excluding hydrogens is 409 g/mol. The molecule has 0 unspecified atom stereocenters. The molecule has 6 nitrogen and oxygen atoms in total. The minimum Gasteiger partial charge on any atom is -0.484 e. The first-order chi connectivity index (χ1) is 15.5. The highest BCUT2D eigenvalue weighted by atomic mass is 19.1. The molecule has 1 aliphatic heterocycles. The Hall–Kier alpha value is -3.19. The second kappa shape index (κ2) is 9.96. The summed E-state index contributed by atoms with van der Waals surface area (Å²) in [4.78, 5) is 27.2. The van der Waals surface area contributed by atoms with Crippen LogP contribution in [0.1, 0.15) is 24.0 Å². The zero-order valence-corrected chi connectivity index (χ0v) is 18.3. The number of carbonyl (C=O) groups is 1. The summed E-state index contributed by atoms with van der Waals surface area (Å²) < 4.78 is 20.9. The summed E-state index contributed by atoms with van der Waals surface area (Å²) in [7, 11) is 0. The highest BCUT2D eigenvalue weighted by Crippen LogP contribution is 2.23. The molecule has 168 valence electrons. The fraction of sp³-hybridized carbons (Fsp3) is 0.360. The third-order valence-electron chi connectivity index (χ3n) is 5.84. The van der Waals surface area contributed by atoms with E-state index in [0.29, 0.717) is 23.4 Å². The number of aromatic nitrogens is 1. The first-order valence-electron chi connectivity index (χ1n) is 11.0. The highest BCUT2D eigenvalue weighted by Gasteiger charge is 2.12. The normalized spacial score (nSPS) is 14.1. The topological polar surface area (TPSA) is 63.6 Å². The smallest absolute Gasteiger partial charge is 0.257 e. The summed E-state index contributed by atoms with van der Waals surface area (Å²) in [5.74, 6) is -0.0115. The Morgan fingerprint density at radius 1 is 1.12 bits per heavy atom. The minimum atomic E-state index is -0.341. The maximum atomic E-state index is 13.6. The number of amides is 1. The molecule has 2 heterocycles. The van der Waals surface area contributed by atoms with E-state index in [0.717, 1.165) is 30.6 Å². The lowest BCUT2D eigenvalue weighted by Gasteiger charge is -2.15. The molecule has 0 aliphatic carbocycles. The number of nitrogens with zero attached hydrogens (tertiary/aromatic N) is 2. The number of ether oxygens (including phenoxy) is 1. The first kappa shape index (κ1) is 22.0. The Morgan fingerprint density at radius 2 is 1.94 bits per heavy atom. The van der Waals surface area contributed by atoms with Crippen molar-refractivity contribution in [1.82, 2.24) is 14.8 Å². The van der Waals surface area contributed by atoms with Gasteiger partial charge in [-0.25, -0.2) is 4.39 Å². The van der Waals surface area contributed by atoms with Crippen molar-refractivity contribution in [1.29, 1.82) is 0 Å². The molecule has 1 saturated heterocycles. The van der Waals surface area contributed by atoms with Crippen molar-refractivity contribution in [2.24, 2.45) is 0 Å². The monoisotopic (exact) mass is 437 g/mol. The lowest BCUT2D eigenvalue weighted by molar-refractivity contribution is -0.123. The molecule has 0 spiro atoms. The van der Waals surface area contributed by atoms with Gasteiger partial charge in [-0.1, -0.05) is 12.1 Å². The van der Waals surface area contributed by atoms with Gasteiger partial charge >= 0.3 is 0 Å². The van der Waals surface area contributed by atoms with Crippen LogP contribution in [0.25, 0.3) is 10.9 Å². The van der Waals surface area contributed by atoms with Gasteiger partial charge in [0, 0.05) is 30.6 Å². The van der Waals surface area contributed by atoms with Crippen LogP contribution in [0.15, 0.2) is 53.3 Å². The van der Waals surface area contributed by atoms with Crippen LogP contribution in [0.4, 0.5) is 4.39 Å². The van der Waals surface area contributed by atoms with Crippen molar-refractivity contribution >= 4 is 16.8 Å². The second-order valence-electron chi connectivity index (χ2n) is 8.25. The zero-order valence-electron chi connectivity index (χ0n) is 18.3. The van der Waals surface area contributed by atoms with Crippen LogP contribution in [0.3, 0.4) is 0 Å². The van der Waals surface area contributed by atoms with E-state index in [2.05, 4.69) is 10.2 Å². The van der Waals surface area contributed by atoms with Gasteiger partial charge in [-0.2, -0.15) is 0 Å². The molecule has 7 heteroatoms. The molecule has 0 radical (unpaired) electrons. The van der Waals surface area contributed by atoms with Crippen LogP contribution in [0.5, 0.6) is 5.75 Å². The predicted molar refractivity (Wildman–Crippen MR) is 123 cm³/mol. The van der Waals surface area contributed by atoms with E-state index >= 15 is 0 Å². The molecule has 2 aromatic carbocycles. The van der Waals surface area contributed by atoms with Gasteiger partial charge < -0.3 is 19.5 Å². The highest BCUT2D eigenvalue weighted by molar-refractivity contribution is 5.84. The van der Waals surface area contributed by atoms with Crippen molar-refractivity contribution in [3.05, 3.63) is 75.8 Å². The fourth-order valence-corrected chi connectivity index (χ4v) is 4.16. The molecule has 1 amide bonds. The maximum absolute atomic E-state index is 13.6. The summed E-state index contributed by atoms with van der Waals surface area (Å²) in [5, 5.41) is 3.79. The summed E-state index contributed by atoms with van der Waals surface area (Å²) in [6.07, 6.45) is 2.45. The Morgan fingerprint density at radius 3 is 2.72 bits per heavy atom. The van der Waals surface area contributed by atoms with E-state index in [4.69, 9.17) is 4.74 Å². The fourth-order valence-electron chi connectivity index (χ4n) is 4.16. The van der Waals surface area contributed by atoms with E-state index in [1.165, 1.54) is 25.0 Å². The van der Waals surface area contributed by atoms with Crippen molar-refractivity contribution in [3.63, 3.8) is 0 Å². The van der Waals surface area contributed by atoms with Gasteiger partial charge in [0.2, 0.25) is 0 Å². The van der Waals surface area contributed by atoms with E-state index in [9.17, 15) is 14.0 Å². The Kier molecular flexibility index (Phi) is 6.85. The summed E-state index contributed by atoms with van der Waals surface area (Å²) in [6, 6.07) is 13.2. The number of nitrogens with one attached hydrogen (secondary N) is 1. The minimum absolute atomic E-state index is 0.0918. The molecule has 1 fully saturated rings. The van der Waals surface area contributed by atoms with Gasteiger partial charge in [0.15, 0.2) is 6.61 Å². The molecule has 32 heavy (non-hydrogen) atoms. The van der Waals surface area contributed by atoms with Crippen molar-refractivity contribution in [2.45, 2.75) is 26.3 Å². The van der Waals surface area contributed by atoms with Crippen molar-refractivity contribution in [3.8, 4) is 5.75 Å². The van der Waals surface area contributed by atoms with Gasteiger partial charge in [0.05, 0.1) is 12.1 Å². The SMILES string of the molecule is Cc1cc(=O)n(Cc2cccc(F)c2)c2cc(OCC(=O)NCCN3CCCC3)ccc12. The Balaban J connectivity index is 1.47. The number of likely N-dealkylation sites (tertiary alicyclic amines) is 1. The van der Waals surface area contributed by atoms with Gasteiger partial charge in [-0.15, -0.1) is 0 Å².